The predicted molar refractivity (Wildman–Crippen MR) is 100.0 cm³/mol. The Bertz CT molecular complexity index is 952. The largest absolute Gasteiger partial charge is 0.454 e. The number of amides is 1. The number of carbonyl (C=O) groups excluding carboxylic acids is 2. The fourth-order valence-electron chi connectivity index (χ4n) is 3.02. The van der Waals surface area contributed by atoms with E-state index in [4.69, 9.17) is 4.74 Å². The highest BCUT2D eigenvalue weighted by Gasteiger charge is 2.12. The molecule has 1 heterocycles. The summed E-state index contributed by atoms with van der Waals surface area (Å²) in [7, 11) is 0. The predicted octanol–water partition coefficient (Wildman–Crippen LogP) is 3.14. The van der Waals surface area contributed by atoms with E-state index in [1.165, 1.54) is 0 Å². The first-order chi connectivity index (χ1) is 12.4. The summed E-state index contributed by atoms with van der Waals surface area (Å²) in [5.41, 5.74) is 5.51. The number of aryl methyl sites for hydroxylation is 3. The molecule has 0 aliphatic rings. The number of hydrogen-bond acceptors (Lipinski definition) is 4. The normalized spacial score (nSPS) is 10.7. The van der Waals surface area contributed by atoms with Crippen LogP contribution in [0.1, 0.15) is 16.7 Å². The second-order valence-electron chi connectivity index (χ2n) is 6.34. The molecule has 2 aromatic carbocycles. The lowest BCUT2D eigenvalue weighted by Gasteiger charge is -2.13. The Morgan fingerprint density at radius 1 is 1.12 bits per heavy atom. The van der Waals surface area contributed by atoms with Crippen LogP contribution in [0.25, 0.3) is 11.0 Å². The highest BCUT2D eigenvalue weighted by atomic mass is 16.5. The minimum atomic E-state index is -0.486. The lowest BCUT2D eigenvalue weighted by Crippen LogP contribution is -2.23. The van der Waals surface area contributed by atoms with Crippen molar-refractivity contribution in [3.8, 4) is 0 Å². The zero-order valence-electron chi connectivity index (χ0n) is 15.1. The lowest BCUT2D eigenvalue weighted by molar-refractivity contribution is -0.147. The van der Waals surface area contributed by atoms with Crippen molar-refractivity contribution in [3.05, 3.63) is 59.4 Å². The minimum absolute atomic E-state index is 0.0103. The van der Waals surface area contributed by atoms with Crippen LogP contribution < -0.4 is 5.32 Å². The van der Waals surface area contributed by atoms with Crippen molar-refractivity contribution in [2.24, 2.45) is 0 Å². The SMILES string of the molecule is Cc1cc(C)c(NC(=O)COC(=O)Cn2cnc3ccccc32)c(C)c1. The topological polar surface area (TPSA) is 73.2 Å². The number of ether oxygens (including phenoxy) is 1. The number of fused-ring (bicyclic) bond motifs is 1. The van der Waals surface area contributed by atoms with Crippen molar-refractivity contribution in [2.45, 2.75) is 27.3 Å². The second kappa shape index (κ2) is 7.39. The molecule has 26 heavy (non-hydrogen) atoms. The number of para-hydroxylation sites is 2. The fraction of sp³-hybridized carbons (Fsp3) is 0.250. The summed E-state index contributed by atoms with van der Waals surface area (Å²) in [6, 6.07) is 11.5. The van der Waals surface area contributed by atoms with Gasteiger partial charge in [-0.1, -0.05) is 29.8 Å². The average molecular weight is 351 g/mol. The standard InChI is InChI=1S/C20H21N3O3/c1-13-8-14(2)20(15(3)9-13)22-18(24)11-26-19(25)10-23-12-21-16-6-4-5-7-17(16)23/h4-9,12H,10-11H2,1-3H3,(H,22,24). The first-order valence-corrected chi connectivity index (χ1v) is 8.37. The quantitative estimate of drug-likeness (QED) is 0.717. The van der Waals surface area contributed by atoms with E-state index in [0.717, 1.165) is 33.4 Å². The zero-order chi connectivity index (χ0) is 18.7. The summed E-state index contributed by atoms with van der Waals surface area (Å²) < 4.78 is 6.80. The van der Waals surface area contributed by atoms with Crippen molar-refractivity contribution in [2.75, 3.05) is 11.9 Å². The Morgan fingerprint density at radius 3 is 2.54 bits per heavy atom. The monoisotopic (exact) mass is 351 g/mol. The number of benzene rings is 2. The third-order valence-electron chi connectivity index (χ3n) is 4.13. The molecule has 1 N–H and O–H groups in total. The number of imidazole rings is 1. The number of rotatable bonds is 5. The van der Waals surface area contributed by atoms with Gasteiger partial charge in [-0.15, -0.1) is 0 Å². The maximum atomic E-state index is 12.1. The average Bonchev–Trinajstić information content (AvgIpc) is 2.99. The summed E-state index contributed by atoms with van der Waals surface area (Å²) in [6.07, 6.45) is 1.59. The van der Waals surface area contributed by atoms with Crippen LogP contribution in [0.4, 0.5) is 5.69 Å². The minimum Gasteiger partial charge on any atom is -0.454 e. The van der Waals surface area contributed by atoms with Crippen molar-refractivity contribution in [1.82, 2.24) is 9.55 Å². The molecule has 0 atom stereocenters. The molecule has 1 amide bonds. The molecule has 0 radical (unpaired) electrons. The van der Waals surface area contributed by atoms with Crippen molar-refractivity contribution < 1.29 is 14.3 Å². The van der Waals surface area contributed by atoms with E-state index in [2.05, 4.69) is 10.3 Å². The van der Waals surface area contributed by atoms with Crippen LogP contribution in [-0.4, -0.2) is 28.0 Å². The number of hydrogen-bond donors (Lipinski definition) is 1. The maximum absolute atomic E-state index is 12.1. The zero-order valence-corrected chi connectivity index (χ0v) is 15.1. The Labute approximate surface area is 151 Å². The van der Waals surface area contributed by atoms with Crippen LogP contribution in [0.15, 0.2) is 42.7 Å². The van der Waals surface area contributed by atoms with Crippen LogP contribution >= 0.6 is 0 Å². The summed E-state index contributed by atoms with van der Waals surface area (Å²) in [5.74, 6) is -0.843. The Morgan fingerprint density at radius 2 is 1.81 bits per heavy atom. The number of anilines is 1. The summed E-state index contributed by atoms with van der Waals surface area (Å²) in [6.45, 7) is 5.57. The van der Waals surface area contributed by atoms with E-state index in [9.17, 15) is 9.59 Å². The molecule has 0 unspecified atom stereocenters. The van der Waals surface area contributed by atoms with Crippen molar-refractivity contribution in [1.29, 1.82) is 0 Å². The van der Waals surface area contributed by atoms with Crippen LogP contribution in [0, 0.1) is 20.8 Å². The van der Waals surface area contributed by atoms with Gasteiger partial charge in [-0.05, 0) is 44.0 Å². The highest BCUT2D eigenvalue weighted by Crippen LogP contribution is 2.21. The molecule has 1 aromatic heterocycles. The van der Waals surface area contributed by atoms with Crippen LogP contribution in [0.2, 0.25) is 0 Å². The van der Waals surface area contributed by atoms with E-state index >= 15 is 0 Å². The molecule has 0 aliphatic heterocycles. The molecule has 0 saturated heterocycles. The number of esters is 1. The third kappa shape index (κ3) is 3.91. The molecule has 0 spiro atoms. The lowest BCUT2D eigenvalue weighted by atomic mass is 10.1. The van der Waals surface area contributed by atoms with Crippen LogP contribution in [-0.2, 0) is 20.9 Å². The molecule has 0 fully saturated rings. The van der Waals surface area contributed by atoms with Crippen molar-refractivity contribution >= 4 is 28.6 Å². The molecule has 0 saturated carbocycles. The summed E-state index contributed by atoms with van der Waals surface area (Å²) in [5, 5.41) is 2.81. The van der Waals surface area contributed by atoms with Crippen LogP contribution in [0.5, 0.6) is 0 Å². The molecule has 6 heteroatoms. The highest BCUT2D eigenvalue weighted by molar-refractivity contribution is 5.94. The first-order valence-electron chi connectivity index (χ1n) is 8.37. The van der Waals surface area contributed by atoms with Gasteiger partial charge in [-0.3, -0.25) is 9.59 Å². The van der Waals surface area contributed by atoms with E-state index in [1.54, 1.807) is 10.9 Å². The first kappa shape index (κ1) is 17.7. The third-order valence-corrected chi connectivity index (χ3v) is 4.13. The van der Waals surface area contributed by atoms with Crippen molar-refractivity contribution in [3.63, 3.8) is 0 Å². The number of aromatic nitrogens is 2. The van der Waals surface area contributed by atoms with Gasteiger partial charge in [0.05, 0.1) is 17.4 Å². The molecule has 6 nitrogen and oxygen atoms in total. The Kier molecular flexibility index (Phi) is 5.02. The van der Waals surface area contributed by atoms with Gasteiger partial charge in [0.15, 0.2) is 6.61 Å². The van der Waals surface area contributed by atoms with E-state index in [0.29, 0.717) is 0 Å². The Balaban J connectivity index is 1.57. The van der Waals surface area contributed by atoms with Gasteiger partial charge in [0.25, 0.3) is 5.91 Å². The second-order valence-corrected chi connectivity index (χ2v) is 6.34. The van der Waals surface area contributed by atoms with E-state index in [-0.39, 0.29) is 19.1 Å². The molecule has 3 rings (SSSR count). The smallest absolute Gasteiger partial charge is 0.326 e. The summed E-state index contributed by atoms with van der Waals surface area (Å²) >= 11 is 0. The van der Waals surface area contributed by atoms with Gasteiger partial charge in [-0.2, -0.15) is 0 Å². The van der Waals surface area contributed by atoms with E-state index in [1.807, 2.05) is 57.2 Å². The molecular formula is C20H21N3O3. The molecule has 3 aromatic rings. The van der Waals surface area contributed by atoms with Gasteiger partial charge in [0.1, 0.15) is 6.54 Å². The fourth-order valence-corrected chi connectivity index (χ4v) is 3.02. The van der Waals surface area contributed by atoms with Gasteiger partial charge in [0, 0.05) is 5.69 Å². The molecular weight excluding hydrogens is 330 g/mol. The van der Waals surface area contributed by atoms with E-state index < -0.39 is 5.97 Å². The van der Waals surface area contributed by atoms with Gasteiger partial charge in [-0.25, -0.2) is 4.98 Å². The summed E-state index contributed by atoms with van der Waals surface area (Å²) in [4.78, 5) is 28.4. The molecule has 0 bridgehead atoms. The molecule has 134 valence electrons. The molecule has 0 aliphatic carbocycles. The maximum Gasteiger partial charge on any atom is 0.326 e. The number of nitrogens with one attached hydrogen (secondary N) is 1. The van der Waals surface area contributed by atoms with Gasteiger partial charge >= 0.3 is 5.97 Å². The van der Waals surface area contributed by atoms with Gasteiger partial charge < -0.3 is 14.6 Å². The Hall–Kier alpha value is -3.15. The number of nitrogens with zero attached hydrogens (tertiary/aromatic N) is 2. The van der Waals surface area contributed by atoms with Crippen LogP contribution in [0.3, 0.4) is 0 Å². The van der Waals surface area contributed by atoms with Gasteiger partial charge in [0.2, 0.25) is 0 Å². The number of carbonyl (C=O) groups is 2.